The van der Waals surface area contributed by atoms with E-state index in [4.69, 9.17) is 5.73 Å². The van der Waals surface area contributed by atoms with Gasteiger partial charge >= 0.3 is 0 Å². The number of primary amides is 1. The number of hydrogen-bond acceptors (Lipinski definition) is 5. The third-order valence-corrected chi connectivity index (χ3v) is 5.44. The highest BCUT2D eigenvalue weighted by Crippen LogP contribution is 2.25. The van der Waals surface area contributed by atoms with Crippen LogP contribution in [-0.2, 0) is 6.54 Å². The number of amides is 1. The number of piperidine rings is 1. The van der Waals surface area contributed by atoms with Crippen LogP contribution < -0.4 is 21.3 Å². The Labute approximate surface area is 185 Å². The first-order valence-electron chi connectivity index (χ1n) is 10.6. The molecule has 0 spiro atoms. The lowest BCUT2D eigenvalue weighted by atomic mass is 10.1. The Hall–Kier alpha value is -3.68. The lowest BCUT2D eigenvalue weighted by Gasteiger charge is -2.28. The van der Waals surface area contributed by atoms with Crippen molar-refractivity contribution in [1.82, 2.24) is 4.98 Å². The molecule has 0 bridgehead atoms. The zero-order valence-corrected chi connectivity index (χ0v) is 17.6. The monoisotopic (exact) mass is 437 g/mol. The predicted molar refractivity (Wildman–Crippen MR) is 122 cm³/mol. The summed E-state index contributed by atoms with van der Waals surface area (Å²) in [6.07, 6.45) is 5.09. The summed E-state index contributed by atoms with van der Waals surface area (Å²) in [6.45, 7) is 2.27. The van der Waals surface area contributed by atoms with Crippen LogP contribution in [0.15, 0.2) is 54.7 Å². The lowest BCUT2D eigenvalue weighted by Crippen LogP contribution is -2.29. The number of benzene rings is 2. The van der Waals surface area contributed by atoms with Crippen LogP contribution in [0.1, 0.15) is 35.2 Å². The van der Waals surface area contributed by atoms with Crippen LogP contribution in [0.25, 0.3) is 0 Å². The molecule has 1 amide bonds. The van der Waals surface area contributed by atoms with E-state index in [2.05, 4.69) is 32.7 Å². The number of nitrogens with zero attached hydrogens (tertiary/aromatic N) is 2. The highest BCUT2D eigenvalue weighted by Gasteiger charge is 2.13. The molecule has 0 aliphatic carbocycles. The zero-order chi connectivity index (χ0) is 22.5. The molecule has 3 aromatic rings. The summed E-state index contributed by atoms with van der Waals surface area (Å²) in [5.74, 6) is -1.47. The molecule has 1 aliphatic heterocycles. The van der Waals surface area contributed by atoms with Crippen LogP contribution >= 0.6 is 0 Å². The molecule has 0 atom stereocenters. The van der Waals surface area contributed by atoms with Crippen molar-refractivity contribution in [2.75, 3.05) is 28.6 Å². The maximum atomic E-state index is 13.5. The van der Waals surface area contributed by atoms with Gasteiger partial charge in [-0.05, 0) is 61.2 Å². The number of nitrogens with one attached hydrogen (secondary N) is 2. The minimum atomic E-state index is -0.665. The van der Waals surface area contributed by atoms with Gasteiger partial charge in [0.15, 0.2) is 0 Å². The third kappa shape index (κ3) is 5.32. The number of rotatable bonds is 7. The maximum absolute atomic E-state index is 13.5. The highest BCUT2D eigenvalue weighted by atomic mass is 19.1. The van der Waals surface area contributed by atoms with Gasteiger partial charge in [-0.3, -0.25) is 4.79 Å². The van der Waals surface area contributed by atoms with Crippen molar-refractivity contribution in [2.24, 2.45) is 5.73 Å². The fraction of sp³-hybridized carbons (Fsp3) is 0.250. The van der Waals surface area contributed by atoms with Crippen molar-refractivity contribution >= 4 is 28.8 Å². The van der Waals surface area contributed by atoms with Crippen LogP contribution in [0.5, 0.6) is 0 Å². The van der Waals surface area contributed by atoms with Gasteiger partial charge in [0.1, 0.15) is 17.5 Å². The fourth-order valence-corrected chi connectivity index (χ4v) is 3.83. The molecule has 6 nitrogen and oxygen atoms in total. The molecule has 0 radical (unpaired) electrons. The van der Waals surface area contributed by atoms with E-state index in [9.17, 15) is 13.6 Å². The summed E-state index contributed by atoms with van der Waals surface area (Å²) in [5, 5.41) is 6.24. The zero-order valence-electron chi connectivity index (χ0n) is 17.6. The summed E-state index contributed by atoms with van der Waals surface area (Å²) in [5.41, 5.74) is 8.51. The number of carbonyl (C=O) groups is 1. The summed E-state index contributed by atoms with van der Waals surface area (Å²) < 4.78 is 26.9. The summed E-state index contributed by atoms with van der Waals surface area (Å²) in [6, 6.07) is 13.0. The normalized spacial score (nSPS) is 13.6. The molecule has 4 N–H and O–H groups in total. The van der Waals surface area contributed by atoms with Crippen LogP contribution in [-0.4, -0.2) is 24.0 Å². The Morgan fingerprint density at radius 2 is 1.69 bits per heavy atom. The Kier molecular flexibility index (Phi) is 6.49. The molecule has 2 aromatic carbocycles. The van der Waals surface area contributed by atoms with Gasteiger partial charge in [-0.25, -0.2) is 13.8 Å². The second-order valence-corrected chi connectivity index (χ2v) is 7.83. The van der Waals surface area contributed by atoms with Crippen LogP contribution in [0.3, 0.4) is 0 Å². The Morgan fingerprint density at radius 3 is 2.34 bits per heavy atom. The number of aromatic nitrogens is 1. The number of pyridine rings is 1. The molecular formula is C24H25F2N5O. The van der Waals surface area contributed by atoms with Gasteiger partial charge in [-0.15, -0.1) is 0 Å². The number of carbonyl (C=O) groups excluding carboxylic acids is 1. The molecule has 1 fully saturated rings. The Bertz CT molecular complexity index is 1080. The van der Waals surface area contributed by atoms with Crippen LogP contribution in [0.4, 0.5) is 31.7 Å². The summed E-state index contributed by atoms with van der Waals surface area (Å²) in [4.78, 5) is 18.4. The summed E-state index contributed by atoms with van der Waals surface area (Å²) in [7, 11) is 0. The molecule has 166 valence electrons. The first-order valence-corrected chi connectivity index (χ1v) is 10.6. The van der Waals surface area contributed by atoms with Crippen molar-refractivity contribution < 1.29 is 13.6 Å². The molecule has 1 saturated heterocycles. The van der Waals surface area contributed by atoms with Gasteiger partial charge < -0.3 is 21.3 Å². The van der Waals surface area contributed by atoms with Gasteiger partial charge in [0.05, 0.1) is 11.3 Å². The molecule has 0 saturated carbocycles. The predicted octanol–water partition coefficient (Wildman–Crippen LogP) is 4.80. The van der Waals surface area contributed by atoms with Gasteiger partial charge in [-0.2, -0.15) is 0 Å². The Balaban J connectivity index is 1.48. The quantitative estimate of drug-likeness (QED) is 0.494. The van der Waals surface area contributed by atoms with E-state index in [0.717, 1.165) is 24.8 Å². The average molecular weight is 437 g/mol. The van der Waals surface area contributed by atoms with Gasteiger partial charge in [0.25, 0.3) is 5.91 Å². The maximum Gasteiger partial charge on any atom is 0.252 e. The number of hydrogen-bond donors (Lipinski definition) is 3. The molecule has 1 aromatic heterocycles. The fourth-order valence-electron chi connectivity index (χ4n) is 3.83. The second-order valence-electron chi connectivity index (χ2n) is 7.83. The van der Waals surface area contributed by atoms with Gasteiger partial charge in [0.2, 0.25) is 0 Å². The molecule has 2 heterocycles. The average Bonchev–Trinajstić information content (AvgIpc) is 2.78. The van der Waals surface area contributed by atoms with Crippen LogP contribution in [0, 0.1) is 11.6 Å². The lowest BCUT2D eigenvalue weighted by molar-refractivity contribution is 0.100. The SMILES string of the molecule is NC(=O)c1cnc(Nc2ccc(N3CCCCC3)cc2)cc1NCc1cc(F)cc(F)c1. The largest absolute Gasteiger partial charge is 0.380 e. The number of anilines is 4. The van der Waals surface area contributed by atoms with Crippen molar-refractivity contribution in [3.63, 3.8) is 0 Å². The van der Waals surface area contributed by atoms with Crippen molar-refractivity contribution in [3.05, 3.63) is 77.5 Å². The van der Waals surface area contributed by atoms with Crippen molar-refractivity contribution in [2.45, 2.75) is 25.8 Å². The standard InChI is InChI=1S/C24H25F2N5O/c25-17-10-16(11-18(26)12-17)14-28-22-13-23(29-15-21(22)24(27)32)30-19-4-6-20(7-5-19)31-8-2-1-3-9-31/h4-7,10-13,15H,1-3,8-9,14H2,(H2,27,32)(H2,28,29,30). The molecule has 1 aliphatic rings. The molecule has 0 unspecified atom stereocenters. The van der Waals surface area contributed by atoms with E-state index in [1.807, 2.05) is 12.1 Å². The van der Waals surface area contributed by atoms with E-state index in [1.54, 1.807) is 6.07 Å². The smallest absolute Gasteiger partial charge is 0.252 e. The van der Waals surface area contributed by atoms with E-state index in [-0.39, 0.29) is 12.1 Å². The van der Waals surface area contributed by atoms with E-state index in [1.165, 1.54) is 43.3 Å². The second kappa shape index (κ2) is 9.64. The third-order valence-electron chi connectivity index (χ3n) is 5.44. The first-order chi connectivity index (χ1) is 15.5. The molecular weight excluding hydrogens is 412 g/mol. The van der Waals surface area contributed by atoms with Crippen molar-refractivity contribution in [3.8, 4) is 0 Å². The topological polar surface area (TPSA) is 83.3 Å². The van der Waals surface area contributed by atoms with Crippen LogP contribution in [0.2, 0.25) is 0 Å². The highest BCUT2D eigenvalue weighted by molar-refractivity contribution is 5.98. The van der Waals surface area contributed by atoms with E-state index < -0.39 is 17.5 Å². The minimum Gasteiger partial charge on any atom is -0.380 e. The first kappa shape index (κ1) is 21.5. The molecule has 32 heavy (non-hydrogen) atoms. The van der Waals surface area contributed by atoms with E-state index >= 15 is 0 Å². The van der Waals surface area contributed by atoms with Crippen molar-refractivity contribution in [1.29, 1.82) is 0 Å². The summed E-state index contributed by atoms with van der Waals surface area (Å²) >= 11 is 0. The number of nitrogens with two attached hydrogens (primary N) is 1. The van der Waals surface area contributed by atoms with Gasteiger partial charge in [-0.1, -0.05) is 0 Å². The molecule has 8 heteroatoms. The Morgan fingerprint density at radius 1 is 1.00 bits per heavy atom. The van der Waals surface area contributed by atoms with Gasteiger partial charge in [0, 0.05) is 49.3 Å². The molecule has 4 rings (SSSR count). The number of halogens is 2. The minimum absolute atomic E-state index is 0.114. The van der Waals surface area contributed by atoms with E-state index in [0.29, 0.717) is 17.1 Å².